The third-order valence-electron chi connectivity index (χ3n) is 6.40. The summed E-state index contributed by atoms with van der Waals surface area (Å²) >= 11 is 6.22. The Labute approximate surface area is 242 Å². The number of nitrogens with two attached hydrogens (primary N) is 1. The number of fused-ring (bicyclic) bond motifs is 1. The molecule has 4 aromatic rings. The molecule has 0 spiro atoms. The van der Waals surface area contributed by atoms with E-state index in [0.29, 0.717) is 40.2 Å². The van der Waals surface area contributed by atoms with Crippen LogP contribution >= 0.6 is 11.6 Å². The van der Waals surface area contributed by atoms with Crippen molar-refractivity contribution in [3.8, 4) is 34.8 Å². The first-order valence-electron chi connectivity index (χ1n) is 12.6. The monoisotopic (exact) mass is 568 g/mol. The van der Waals surface area contributed by atoms with E-state index in [9.17, 15) is 10.1 Å². The van der Waals surface area contributed by atoms with Crippen LogP contribution in [0.5, 0.6) is 28.7 Å². The fourth-order valence-corrected chi connectivity index (χ4v) is 4.60. The fraction of sp³-hybridized carbons (Fsp3) is 0.125. The lowest BCUT2D eigenvalue weighted by Crippen LogP contribution is -2.21. The van der Waals surface area contributed by atoms with Gasteiger partial charge in [-0.05, 0) is 42.0 Å². The second-order valence-electron chi connectivity index (χ2n) is 8.99. The number of halogens is 1. The lowest BCUT2D eigenvalue weighted by atomic mass is 9.83. The Balaban J connectivity index is 1.31. The van der Waals surface area contributed by atoms with E-state index in [2.05, 4.69) is 6.07 Å². The number of carbonyl (C=O) groups excluding carboxylic acids is 1. The van der Waals surface area contributed by atoms with Crippen LogP contribution in [0.4, 0.5) is 0 Å². The number of carbonyl (C=O) groups is 1. The minimum absolute atomic E-state index is 0.0213. The molecule has 0 saturated heterocycles. The van der Waals surface area contributed by atoms with Gasteiger partial charge in [-0.25, -0.2) is 4.79 Å². The number of nitriles is 1. The smallest absolute Gasteiger partial charge is 0.349 e. The number of nitrogens with zero attached hydrogens (tertiary/aromatic N) is 1. The summed E-state index contributed by atoms with van der Waals surface area (Å²) in [5, 5.41) is 10.5. The molecular weight excluding hydrogens is 544 g/mol. The average molecular weight is 569 g/mol. The Kier molecular flexibility index (Phi) is 8.28. The molecule has 206 valence electrons. The Morgan fingerprint density at radius 2 is 1.66 bits per heavy atom. The van der Waals surface area contributed by atoms with Crippen molar-refractivity contribution in [1.82, 2.24) is 0 Å². The number of esters is 1. The van der Waals surface area contributed by atoms with Crippen LogP contribution in [0.3, 0.4) is 0 Å². The molecule has 0 saturated carbocycles. The lowest BCUT2D eigenvalue weighted by molar-refractivity contribution is -0.136. The number of benzene rings is 4. The normalized spacial score (nSPS) is 13.8. The Morgan fingerprint density at radius 3 is 2.39 bits per heavy atom. The molecule has 1 aliphatic heterocycles. The van der Waals surface area contributed by atoms with Gasteiger partial charge in [0.05, 0.1) is 13.0 Å². The number of rotatable bonds is 9. The van der Waals surface area contributed by atoms with Crippen LogP contribution in [0.15, 0.2) is 102 Å². The first kappa shape index (κ1) is 27.4. The quantitative estimate of drug-likeness (QED) is 0.189. The molecule has 5 rings (SSSR count). The van der Waals surface area contributed by atoms with Crippen LogP contribution < -0.4 is 29.4 Å². The summed E-state index contributed by atoms with van der Waals surface area (Å²) < 4.78 is 27.9. The van der Waals surface area contributed by atoms with Gasteiger partial charge in [0, 0.05) is 22.2 Å². The third kappa shape index (κ3) is 6.21. The van der Waals surface area contributed by atoms with Crippen molar-refractivity contribution in [3.63, 3.8) is 0 Å². The van der Waals surface area contributed by atoms with Crippen molar-refractivity contribution >= 4 is 17.6 Å². The van der Waals surface area contributed by atoms with E-state index in [1.165, 1.54) is 7.11 Å². The number of hydrogen-bond acceptors (Lipinski definition) is 8. The van der Waals surface area contributed by atoms with Crippen molar-refractivity contribution in [2.75, 3.05) is 13.7 Å². The molecule has 0 amide bonds. The Morgan fingerprint density at radius 1 is 0.951 bits per heavy atom. The van der Waals surface area contributed by atoms with Gasteiger partial charge in [0.15, 0.2) is 18.1 Å². The Hall–Kier alpha value is -5.13. The number of para-hydroxylation sites is 2. The van der Waals surface area contributed by atoms with Crippen LogP contribution in [0, 0.1) is 11.3 Å². The first-order valence-corrected chi connectivity index (χ1v) is 13.0. The second-order valence-corrected chi connectivity index (χ2v) is 9.39. The van der Waals surface area contributed by atoms with E-state index >= 15 is 0 Å². The maximum absolute atomic E-state index is 12.5. The SMILES string of the molecule is COc1ccccc1OCC(=O)Oc1ccc2c(c1)OC(N)=C(C#N)C2c1ccc(OCc2ccccc2Cl)cc1. The Bertz CT molecular complexity index is 1650. The van der Waals surface area contributed by atoms with E-state index in [-0.39, 0.29) is 23.8 Å². The van der Waals surface area contributed by atoms with E-state index in [4.69, 9.17) is 41.0 Å². The molecule has 2 N–H and O–H groups in total. The molecule has 1 atom stereocenters. The van der Waals surface area contributed by atoms with E-state index in [1.54, 1.807) is 42.5 Å². The fourth-order valence-electron chi connectivity index (χ4n) is 4.41. The maximum atomic E-state index is 12.5. The predicted octanol–water partition coefficient (Wildman–Crippen LogP) is 6.13. The molecule has 0 aliphatic carbocycles. The average Bonchev–Trinajstić information content (AvgIpc) is 2.99. The molecule has 41 heavy (non-hydrogen) atoms. The predicted molar refractivity (Wildman–Crippen MR) is 152 cm³/mol. The van der Waals surface area contributed by atoms with E-state index < -0.39 is 11.9 Å². The second kappa shape index (κ2) is 12.4. The van der Waals surface area contributed by atoms with Crippen molar-refractivity contribution in [1.29, 1.82) is 5.26 Å². The summed E-state index contributed by atoms with van der Waals surface area (Å²) in [5.41, 5.74) is 8.80. The number of ether oxygens (including phenoxy) is 5. The van der Waals surface area contributed by atoms with Crippen LogP contribution in [-0.4, -0.2) is 19.7 Å². The van der Waals surface area contributed by atoms with Crippen LogP contribution in [-0.2, 0) is 11.4 Å². The first-order chi connectivity index (χ1) is 20.0. The zero-order chi connectivity index (χ0) is 28.8. The van der Waals surface area contributed by atoms with Gasteiger partial charge in [0.25, 0.3) is 0 Å². The molecule has 1 aliphatic rings. The standard InChI is InChI=1S/C32H25ClN2O6/c1-37-27-8-4-5-9-28(27)39-19-30(36)40-23-14-15-24-29(16-23)41-32(35)25(17-34)31(24)20-10-12-22(13-11-20)38-18-21-6-2-3-7-26(21)33/h2-16,31H,18-19,35H2,1H3. The van der Waals surface area contributed by atoms with Gasteiger partial charge in [0.1, 0.15) is 35.5 Å². The van der Waals surface area contributed by atoms with Gasteiger partial charge in [-0.1, -0.05) is 60.1 Å². The van der Waals surface area contributed by atoms with Crippen molar-refractivity contribution in [3.05, 3.63) is 124 Å². The van der Waals surface area contributed by atoms with Crippen molar-refractivity contribution in [2.24, 2.45) is 5.73 Å². The highest BCUT2D eigenvalue weighted by Gasteiger charge is 2.31. The summed E-state index contributed by atoms with van der Waals surface area (Å²) in [6.07, 6.45) is 0. The highest BCUT2D eigenvalue weighted by molar-refractivity contribution is 6.31. The highest BCUT2D eigenvalue weighted by Crippen LogP contribution is 2.43. The van der Waals surface area contributed by atoms with Crippen molar-refractivity contribution < 1.29 is 28.5 Å². The van der Waals surface area contributed by atoms with Gasteiger partial charge >= 0.3 is 5.97 Å². The number of methoxy groups -OCH3 is 1. The maximum Gasteiger partial charge on any atom is 0.349 e. The van der Waals surface area contributed by atoms with Crippen molar-refractivity contribution in [2.45, 2.75) is 12.5 Å². The van der Waals surface area contributed by atoms with Gasteiger partial charge in [-0.15, -0.1) is 0 Å². The summed E-state index contributed by atoms with van der Waals surface area (Å²) in [4.78, 5) is 12.5. The molecule has 0 aromatic heterocycles. The topological polar surface area (TPSA) is 113 Å². The van der Waals surface area contributed by atoms with Crippen LogP contribution in [0.25, 0.3) is 0 Å². The number of allylic oxidation sites excluding steroid dienone is 1. The van der Waals surface area contributed by atoms with Crippen LogP contribution in [0.1, 0.15) is 22.6 Å². The third-order valence-corrected chi connectivity index (χ3v) is 6.77. The van der Waals surface area contributed by atoms with Crippen LogP contribution in [0.2, 0.25) is 5.02 Å². The molecule has 0 bridgehead atoms. The molecule has 9 heteroatoms. The molecule has 1 unspecified atom stereocenters. The van der Waals surface area contributed by atoms with Gasteiger partial charge in [-0.3, -0.25) is 0 Å². The molecule has 0 radical (unpaired) electrons. The lowest BCUT2D eigenvalue weighted by Gasteiger charge is -2.26. The summed E-state index contributed by atoms with van der Waals surface area (Å²) in [6, 6.07) is 29.0. The highest BCUT2D eigenvalue weighted by atomic mass is 35.5. The minimum Gasteiger partial charge on any atom is -0.493 e. The number of hydrogen-bond donors (Lipinski definition) is 1. The largest absolute Gasteiger partial charge is 0.493 e. The van der Waals surface area contributed by atoms with Gasteiger partial charge in [0.2, 0.25) is 5.88 Å². The summed E-state index contributed by atoms with van der Waals surface area (Å²) in [5.74, 6) is 1.07. The zero-order valence-corrected chi connectivity index (χ0v) is 22.8. The molecule has 8 nitrogen and oxygen atoms in total. The van der Waals surface area contributed by atoms with E-state index in [1.807, 2.05) is 48.5 Å². The summed E-state index contributed by atoms with van der Waals surface area (Å²) in [7, 11) is 1.52. The van der Waals surface area contributed by atoms with E-state index in [0.717, 1.165) is 11.1 Å². The minimum atomic E-state index is -0.614. The molecule has 4 aromatic carbocycles. The zero-order valence-electron chi connectivity index (χ0n) is 22.0. The van der Waals surface area contributed by atoms with Gasteiger partial charge in [-0.2, -0.15) is 5.26 Å². The molecular formula is C32H25ClN2O6. The van der Waals surface area contributed by atoms with Gasteiger partial charge < -0.3 is 29.4 Å². The molecule has 0 fully saturated rings. The molecule has 1 heterocycles. The summed E-state index contributed by atoms with van der Waals surface area (Å²) in [6.45, 7) is -0.00664.